The Morgan fingerprint density at radius 2 is 2.17 bits per heavy atom. The van der Waals surface area contributed by atoms with Crippen molar-refractivity contribution in [1.82, 2.24) is 20.6 Å². The molecule has 1 amide bonds. The van der Waals surface area contributed by atoms with Gasteiger partial charge in [-0.2, -0.15) is 5.21 Å². The van der Waals surface area contributed by atoms with Crippen LogP contribution in [0.2, 0.25) is 0 Å². The highest BCUT2D eigenvalue weighted by atomic mass is 16.6. The van der Waals surface area contributed by atoms with Crippen molar-refractivity contribution in [3.63, 3.8) is 0 Å². The number of hydrogen-bond acceptors (Lipinski definition) is 7. The number of nitrogens with zero attached hydrogens (tertiary/aromatic N) is 3. The van der Waals surface area contributed by atoms with E-state index in [1.807, 2.05) is 0 Å². The molecule has 3 aromatic rings. The molecule has 0 spiro atoms. The van der Waals surface area contributed by atoms with Gasteiger partial charge in [-0.25, -0.2) is 0 Å². The molecule has 1 aliphatic heterocycles. The Balaban J connectivity index is 1.47. The average molecular weight is 393 g/mol. The van der Waals surface area contributed by atoms with Gasteiger partial charge in [0.25, 0.3) is 5.91 Å². The minimum absolute atomic E-state index is 0.247. The summed E-state index contributed by atoms with van der Waals surface area (Å²) in [6.07, 6.45) is 2.03. The van der Waals surface area contributed by atoms with Gasteiger partial charge < -0.3 is 19.5 Å². The Labute approximate surface area is 166 Å². The third kappa shape index (κ3) is 4.18. The van der Waals surface area contributed by atoms with E-state index < -0.39 is 6.10 Å². The highest BCUT2D eigenvalue weighted by Gasteiger charge is 2.28. The summed E-state index contributed by atoms with van der Waals surface area (Å²) in [5.41, 5.74) is 0.983. The molecule has 4 rings (SSSR count). The predicted molar refractivity (Wildman–Crippen MR) is 104 cm³/mol. The highest BCUT2D eigenvalue weighted by molar-refractivity contribution is 6.05. The average Bonchev–Trinajstić information content (AvgIpc) is 3.29. The lowest BCUT2D eigenvalue weighted by atomic mass is 10.2. The minimum Gasteiger partial charge on any atom is -0.493 e. The molecule has 1 atom stereocenters. The molecule has 0 saturated carbocycles. The van der Waals surface area contributed by atoms with E-state index in [1.54, 1.807) is 48.5 Å². The number of fused-ring (bicyclic) bond motifs is 1. The van der Waals surface area contributed by atoms with Gasteiger partial charge in [-0.1, -0.05) is 17.4 Å². The van der Waals surface area contributed by atoms with E-state index in [0.717, 1.165) is 6.42 Å². The van der Waals surface area contributed by atoms with Crippen molar-refractivity contribution in [2.45, 2.75) is 12.5 Å². The van der Waals surface area contributed by atoms with E-state index in [-0.39, 0.29) is 12.5 Å². The van der Waals surface area contributed by atoms with Crippen molar-refractivity contribution < 1.29 is 19.0 Å². The summed E-state index contributed by atoms with van der Waals surface area (Å²) in [7, 11) is 0. The quantitative estimate of drug-likeness (QED) is 0.469. The maximum atomic E-state index is 12.7. The number of carbonyl (C=O) groups is 1. The summed E-state index contributed by atoms with van der Waals surface area (Å²) in [4.78, 5) is 12.7. The van der Waals surface area contributed by atoms with Crippen LogP contribution < -0.4 is 19.5 Å². The standard InChI is InChI=1S/C20H19N5O4/c1-2-3-11-27-14-9-7-13(8-10-14)20(26)21-15-5-4-6-16-18(15)29-17(12-28-16)19-22-24-25-23-19/h2,4-10,17H,1,3,11-12H2,(H,21,26)(H,22,23,24,25). The second-order valence-electron chi connectivity index (χ2n) is 6.22. The topological polar surface area (TPSA) is 111 Å². The number of aromatic nitrogens is 4. The van der Waals surface area contributed by atoms with Crippen LogP contribution in [0.5, 0.6) is 17.2 Å². The second-order valence-corrected chi connectivity index (χ2v) is 6.22. The lowest BCUT2D eigenvalue weighted by molar-refractivity contribution is 0.0856. The highest BCUT2D eigenvalue weighted by Crippen LogP contribution is 2.41. The maximum absolute atomic E-state index is 12.7. The fourth-order valence-electron chi connectivity index (χ4n) is 2.78. The normalized spacial score (nSPS) is 14.8. The number of carbonyl (C=O) groups excluding carboxylic acids is 1. The Kier molecular flexibility index (Phi) is 5.37. The third-order valence-corrected chi connectivity index (χ3v) is 4.23. The molecule has 29 heavy (non-hydrogen) atoms. The number of rotatable bonds is 7. The largest absolute Gasteiger partial charge is 0.493 e. The summed E-state index contributed by atoms with van der Waals surface area (Å²) in [6.45, 7) is 4.45. The van der Waals surface area contributed by atoms with Crippen LogP contribution in [0, 0.1) is 0 Å². The zero-order chi connectivity index (χ0) is 20.1. The van der Waals surface area contributed by atoms with Gasteiger partial charge in [0.1, 0.15) is 12.4 Å². The number of tetrazole rings is 1. The Bertz CT molecular complexity index is 989. The Morgan fingerprint density at radius 1 is 1.31 bits per heavy atom. The molecule has 0 radical (unpaired) electrons. The summed E-state index contributed by atoms with van der Waals surface area (Å²) >= 11 is 0. The molecule has 1 unspecified atom stereocenters. The SMILES string of the molecule is C=CCCOc1ccc(C(=O)Nc2cccc3c2OC(c2nn[nH]n2)CO3)cc1. The number of hydrogen-bond donors (Lipinski definition) is 2. The molecular formula is C20H19N5O4. The number of aromatic amines is 1. The monoisotopic (exact) mass is 393 g/mol. The van der Waals surface area contributed by atoms with Crippen LogP contribution in [0.3, 0.4) is 0 Å². The minimum atomic E-state index is -0.522. The van der Waals surface area contributed by atoms with Crippen molar-refractivity contribution in [3.8, 4) is 17.2 Å². The van der Waals surface area contributed by atoms with Crippen LogP contribution in [0.1, 0.15) is 28.7 Å². The first kappa shape index (κ1) is 18.5. The van der Waals surface area contributed by atoms with Gasteiger partial charge in [0.2, 0.25) is 5.82 Å². The molecule has 2 aromatic carbocycles. The fourth-order valence-corrected chi connectivity index (χ4v) is 2.78. The second kappa shape index (κ2) is 8.42. The summed E-state index contributed by atoms with van der Waals surface area (Å²) in [5, 5.41) is 16.6. The van der Waals surface area contributed by atoms with Crippen molar-refractivity contribution in [2.24, 2.45) is 0 Å². The van der Waals surface area contributed by atoms with Crippen molar-refractivity contribution in [1.29, 1.82) is 0 Å². The number of anilines is 1. The third-order valence-electron chi connectivity index (χ3n) is 4.23. The number of para-hydroxylation sites is 1. The van der Waals surface area contributed by atoms with Gasteiger partial charge in [-0.05, 0) is 42.8 Å². The fraction of sp³-hybridized carbons (Fsp3) is 0.200. The molecule has 148 valence electrons. The molecule has 2 N–H and O–H groups in total. The molecule has 9 nitrogen and oxygen atoms in total. The van der Waals surface area contributed by atoms with Gasteiger partial charge in [-0.3, -0.25) is 4.79 Å². The molecule has 2 heterocycles. The molecule has 1 aromatic heterocycles. The predicted octanol–water partition coefficient (Wildman–Crippen LogP) is 2.92. The number of H-pyrrole nitrogens is 1. The van der Waals surface area contributed by atoms with Gasteiger partial charge in [-0.15, -0.1) is 16.8 Å². The van der Waals surface area contributed by atoms with Crippen molar-refractivity contribution in [3.05, 3.63) is 66.5 Å². The van der Waals surface area contributed by atoms with Crippen molar-refractivity contribution in [2.75, 3.05) is 18.5 Å². The zero-order valence-electron chi connectivity index (χ0n) is 15.5. The molecule has 0 aliphatic carbocycles. The Morgan fingerprint density at radius 3 is 2.93 bits per heavy atom. The Hall–Kier alpha value is -3.88. The summed E-state index contributed by atoms with van der Waals surface area (Å²) < 4.78 is 17.3. The molecule has 0 saturated heterocycles. The van der Waals surface area contributed by atoms with Crippen LogP contribution in [0.15, 0.2) is 55.1 Å². The van der Waals surface area contributed by atoms with E-state index in [2.05, 4.69) is 32.5 Å². The zero-order valence-corrected chi connectivity index (χ0v) is 15.5. The van der Waals surface area contributed by atoms with Crippen LogP contribution in [0.4, 0.5) is 5.69 Å². The van der Waals surface area contributed by atoms with Gasteiger partial charge in [0.15, 0.2) is 17.6 Å². The molecule has 0 fully saturated rings. The van der Waals surface area contributed by atoms with E-state index >= 15 is 0 Å². The first-order valence-corrected chi connectivity index (χ1v) is 9.05. The van der Waals surface area contributed by atoms with Gasteiger partial charge in [0, 0.05) is 5.56 Å². The van der Waals surface area contributed by atoms with Crippen LogP contribution in [-0.4, -0.2) is 39.7 Å². The number of ether oxygens (including phenoxy) is 3. The summed E-state index contributed by atoms with van der Waals surface area (Å²) in [5.74, 6) is 1.75. The molecule has 1 aliphatic rings. The van der Waals surface area contributed by atoms with Crippen LogP contribution in [0.25, 0.3) is 0 Å². The first-order valence-electron chi connectivity index (χ1n) is 9.05. The molecule has 9 heteroatoms. The summed E-state index contributed by atoms with van der Waals surface area (Å²) in [6, 6.07) is 12.2. The van der Waals surface area contributed by atoms with Crippen LogP contribution >= 0.6 is 0 Å². The van der Waals surface area contributed by atoms with Crippen LogP contribution in [-0.2, 0) is 0 Å². The number of nitrogens with one attached hydrogen (secondary N) is 2. The number of benzene rings is 2. The van der Waals surface area contributed by atoms with Gasteiger partial charge in [0.05, 0.1) is 12.3 Å². The van der Waals surface area contributed by atoms with E-state index in [4.69, 9.17) is 14.2 Å². The lowest BCUT2D eigenvalue weighted by Crippen LogP contribution is -2.24. The van der Waals surface area contributed by atoms with Gasteiger partial charge >= 0.3 is 0 Å². The van der Waals surface area contributed by atoms with E-state index in [1.165, 1.54) is 0 Å². The number of amides is 1. The molecular weight excluding hydrogens is 374 g/mol. The first-order chi connectivity index (χ1) is 14.2. The smallest absolute Gasteiger partial charge is 0.255 e. The van der Waals surface area contributed by atoms with E-state index in [0.29, 0.717) is 40.9 Å². The molecule has 0 bridgehead atoms. The maximum Gasteiger partial charge on any atom is 0.255 e. The van der Waals surface area contributed by atoms with E-state index in [9.17, 15) is 4.79 Å². The lowest BCUT2D eigenvalue weighted by Gasteiger charge is -2.26. The van der Waals surface area contributed by atoms with Crippen molar-refractivity contribution >= 4 is 11.6 Å².